The number of hydrogen-bond donors (Lipinski definition) is 2. The molecule has 3 N–H and O–H groups in total. The second-order valence-corrected chi connectivity index (χ2v) is 5.43. The van der Waals surface area contributed by atoms with Gasteiger partial charge in [-0.1, -0.05) is 30.3 Å². The SMILES string of the molecule is COc1ccc(CNC(=O)C(C)(N)c2ccccc2)c(OC)c1.Cl. The van der Waals surface area contributed by atoms with Crippen LogP contribution in [0.5, 0.6) is 11.5 Å². The molecule has 1 amide bonds. The predicted molar refractivity (Wildman–Crippen MR) is 96.6 cm³/mol. The Hall–Kier alpha value is -2.24. The summed E-state index contributed by atoms with van der Waals surface area (Å²) in [6.07, 6.45) is 0. The van der Waals surface area contributed by atoms with E-state index >= 15 is 0 Å². The minimum absolute atomic E-state index is 0. The lowest BCUT2D eigenvalue weighted by atomic mass is 9.92. The molecule has 5 nitrogen and oxygen atoms in total. The van der Waals surface area contributed by atoms with E-state index < -0.39 is 5.54 Å². The van der Waals surface area contributed by atoms with Gasteiger partial charge in [-0.25, -0.2) is 0 Å². The van der Waals surface area contributed by atoms with Gasteiger partial charge in [-0.3, -0.25) is 4.79 Å². The largest absolute Gasteiger partial charge is 0.497 e. The summed E-state index contributed by atoms with van der Waals surface area (Å²) in [5.41, 5.74) is 6.72. The second-order valence-electron chi connectivity index (χ2n) is 5.43. The van der Waals surface area contributed by atoms with E-state index in [-0.39, 0.29) is 18.3 Å². The van der Waals surface area contributed by atoms with E-state index in [0.717, 1.165) is 11.1 Å². The molecule has 0 saturated carbocycles. The normalized spacial score (nSPS) is 12.5. The summed E-state index contributed by atoms with van der Waals surface area (Å²) in [5.74, 6) is 1.11. The fraction of sp³-hybridized carbons (Fsp3) is 0.278. The van der Waals surface area contributed by atoms with Gasteiger partial charge >= 0.3 is 0 Å². The summed E-state index contributed by atoms with van der Waals surface area (Å²) in [4.78, 5) is 12.5. The van der Waals surface area contributed by atoms with Crippen molar-refractivity contribution in [3.8, 4) is 11.5 Å². The Balaban J connectivity index is 0.00000288. The molecule has 0 bridgehead atoms. The van der Waals surface area contributed by atoms with Crippen molar-refractivity contribution in [2.45, 2.75) is 19.0 Å². The maximum atomic E-state index is 12.5. The maximum Gasteiger partial charge on any atom is 0.244 e. The number of carbonyl (C=O) groups is 1. The number of nitrogens with one attached hydrogen (secondary N) is 1. The molecule has 0 fully saturated rings. The van der Waals surface area contributed by atoms with Crippen LogP contribution in [-0.2, 0) is 16.9 Å². The number of benzene rings is 2. The molecule has 2 rings (SSSR count). The minimum atomic E-state index is -1.10. The average molecular weight is 351 g/mol. The zero-order chi connectivity index (χ0) is 16.9. The molecule has 24 heavy (non-hydrogen) atoms. The first-order chi connectivity index (χ1) is 11.0. The minimum Gasteiger partial charge on any atom is -0.497 e. The Bertz CT molecular complexity index is 675. The first kappa shape index (κ1) is 19.8. The van der Waals surface area contributed by atoms with Crippen LogP contribution in [0.2, 0.25) is 0 Å². The van der Waals surface area contributed by atoms with E-state index in [1.54, 1.807) is 27.2 Å². The molecule has 0 aliphatic heterocycles. The van der Waals surface area contributed by atoms with Crippen molar-refractivity contribution in [3.63, 3.8) is 0 Å². The van der Waals surface area contributed by atoms with Gasteiger partial charge in [0.25, 0.3) is 0 Å². The highest BCUT2D eigenvalue weighted by Crippen LogP contribution is 2.25. The Labute approximate surface area is 148 Å². The molecule has 0 heterocycles. The van der Waals surface area contributed by atoms with Crippen molar-refractivity contribution in [1.82, 2.24) is 5.32 Å². The van der Waals surface area contributed by atoms with Crippen LogP contribution < -0.4 is 20.5 Å². The summed E-state index contributed by atoms with van der Waals surface area (Å²) >= 11 is 0. The van der Waals surface area contributed by atoms with E-state index in [4.69, 9.17) is 15.2 Å². The Morgan fingerprint density at radius 3 is 2.38 bits per heavy atom. The zero-order valence-corrected chi connectivity index (χ0v) is 14.9. The molecule has 0 radical (unpaired) electrons. The van der Waals surface area contributed by atoms with Gasteiger partial charge in [0.05, 0.1) is 14.2 Å². The predicted octanol–water partition coefficient (Wildman–Crippen LogP) is 2.62. The lowest BCUT2D eigenvalue weighted by Gasteiger charge is -2.24. The number of hydrogen-bond acceptors (Lipinski definition) is 4. The molecule has 0 aliphatic rings. The molecule has 130 valence electrons. The Kier molecular flexibility index (Phi) is 7.07. The average Bonchev–Trinajstić information content (AvgIpc) is 2.60. The molecule has 2 aromatic rings. The number of rotatable bonds is 6. The van der Waals surface area contributed by atoms with Gasteiger partial charge in [0.1, 0.15) is 17.0 Å². The lowest BCUT2D eigenvalue weighted by molar-refractivity contribution is -0.126. The molecule has 0 spiro atoms. The summed E-state index contributed by atoms with van der Waals surface area (Å²) < 4.78 is 10.5. The molecule has 0 aliphatic carbocycles. The number of ether oxygens (including phenoxy) is 2. The maximum absolute atomic E-state index is 12.5. The van der Waals surface area contributed by atoms with Gasteiger partial charge < -0.3 is 20.5 Å². The van der Waals surface area contributed by atoms with E-state index in [1.807, 2.05) is 42.5 Å². The highest BCUT2D eigenvalue weighted by atomic mass is 35.5. The lowest BCUT2D eigenvalue weighted by Crippen LogP contribution is -2.48. The number of amides is 1. The fourth-order valence-electron chi connectivity index (χ4n) is 2.27. The third-order valence-corrected chi connectivity index (χ3v) is 3.78. The highest BCUT2D eigenvalue weighted by molar-refractivity contribution is 5.87. The topological polar surface area (TPSA) is 73.6 Å². The van der Waals surface area contributed by atoms with Crippen LogP contribution in [0.1, 0.15) is 18.1 Å². The zero-order valence-electron chi connectivity index (χ0n) is 14.0. The smallest absolute Gasteiger partial charge is 0.244 e. The van der Waals surface area contributed by atoms with Crippen molar-refractivity contribution in [1.29, 1.82) is 0 Å². The van der Waals surface area contributed by atoms with Gasteiger partial charge in [0.15, 0.2) is 0 Å². The van der Waals surface area contributed by atoms with Crippen molar-refractivity contribution in [2.24, 2.45) is 5.73 Å². The summed E-state index contributed by atoms with van der Waals surface area (Å²) in [5, 5.41) is 2.87. The third kappa shape index (κ3) is 4.40. The number of methoxy groups -OCH3 is 2. The summed E-state index contributed by atoms with van der Waals surface area (Å²) in [7, 11) is 3.17. The monoisotopic (exact) mass is 350 g/mol. The molecule has 1 atom stereocenters. The fourth-order valence-corrected chi connectivity index (χ4v) is 2.27. The number of halogens is 1. The first-order valence-electron chi connectivity index (χ1n) is 7.32. The van der Waals surface area contributed by atoms with Crippen LogP contribution >= 0.6 is 12.4 Å². The number of nitrogens with two attached hydrogens (primary N) is 1. The van der Waals surface area contributed by atoms with Crippen LogP contribution in [0.25, 0.3) is 0 Å². The van der Waals surface area contributed by atoms with Gasteiger partial charge in [-0.05, 0) is 24.6 Å². The molecule has 6 heteroatoms. The first-order valence-corrected chi connectivity index (χ1v) is 7.32. The van der Waals surface area contributed by atoms with Gasteiger partial charge in [0.2, 0.25) is 5.91 Å². The van der Waals surface area contributed by atoms with Gasteiger partial charge in [-0.15, -0.1) is 12.4 Å². The second kappa shape index (κ2) is 8.57. The summed E-state index contributed by atoms with van der Waals surface area (Å²) in [6.45, 7) is 2.02. The number of carbonyl (C=O) groups excluding carboxylic acids is 1. The van der Waals surface area contributed by atoms with Crippen molar-refractivity contribution in [3.05, 3.63) is 59.7 Å². The van der Waals surface area contributed by atoms with E-state index in [0.29, 0.717) is 18.0 Å². The van der Waals surface area contributed by atoms with Crippen molar-refractivity contribution < 1.29 is 14.3 Å². The quantitative estimate of drug-likeness (QED) is 0.840. The van der Waals surface area contributed by atoms with Crippen LogP contribution in [0.3, 0.4) is 0 Å². The Morgan fingerprint density at radius 2 is 1.79 bits per heavy atom. The standard InChI is InChI=1S/C18H22N2O3.ClH/c1-18(19,14-7-5-4-6-8-14)17(21)20-12-13-9-10-15(22-2)11-16(13)23-3;/h4-11H,12,19H2,1-3H3,(H,20,21);1H. The van der Waals surface area contributed by atoms with Crippen molar-refractivity contribution in [2.75, 3.05) is 14.2 Å². The Morgan fingerprint density at radius 1 is 1.12 bits per heavy atom. The van der Waals surface area contributed by atoms with Crippen LogP contribution in [0.15, 0.2) is 48.5 Å². The molecular weight excluding hydrogens is 328 g/mol. The molecule has 2 aromatic carbocycles. The van der Waals surface area contributed by atoms with Crippen LogP contribution in [-0.4, -0.2) is 20.1 Å². The van der Waals surface area contributed by atoms with Gasteiger partial charge in [-0.2, -0.15) is 0 Å². The van der Waals surface area contributed by atoms with E-state index in [9.17, 15) is 4.79 Å². The molecule has 0 aromatic heterocycles. The summed E-state index contributed by atoms with van der Waals surface area (Å²) in [6, 6.07) is 14.7. The van der Waals surface area contributed by atoms with Crippen LogP contribution in [0.4, 0.5) is 0 Å². The van der Waals surface area contributed by atoms with E-state index in [2.05, 4.69) is 5.32 Å². The van der Waals surface area contributed by atoms with Crippen molar-refractivity contribution >= 4 is 18.3 Å². The molecular formula is C18H23ClN2O3. The van der Waals surface area contributed by atoms with Crippen LogP contribution in [0, 0.1) is 0 Å². The molecule has 0 saturated heterocycles. The highest BCUT2D eigenvalue weighted by Gasteiger charge is 2.30. The van der Waals surface area contributed by atoms with Gasteiger partial charge in [0, 0.05) is 18.2 Å². The molecule has 1 unspecified atom stereocenters. The third-order valence-electron chi connectivity index (χ3n) is 3.78. The van der Waals surface area contributed by atoms with E-state index in [1.165, 1.54) is 0 Å².